The Kier molecular flexibility index (Phi) is 5.82. The first-order valence-corrected chi connectivity index (χ1v) is 9.65. The van der Waals surface area contributed by atoms with Crippen LogP contribution in [0.3, 0.4) is 0 Å². The summed E-state index contributed by atoms with van der Waals surface area (Å²) in [5.74, 6) is 0.715. The SMILES string of the molecule is CC(C)(C)OC(=O)N1CCCC[C@@H]1C(=O)N1CCN(c2ncccn2)CC1. The molecule has 2 fully saturated rings. The molecule has 3 rings (SSSR count). The number of nitrogens with zero attached hydrogens (tertiary/aromatic N) is 5. The second kappa shape index (κ2) is 8.10. The summed E-state index contributed by atoms with van der Waals surface area (Å²) in [5.41, 5.74) is -0.566. The molecule has 148 valence electrons. The number of amides is 2. The highest BCUT2D eigenvalue weighted by atomic mass is 16.6. The van der Waals surface area contributed by atoms with Crippen molar-refractivity contribution in [3.63, 3.8) is 0 Å². The molecule has 0 radical (unpaired) electrons. The zero-order valence-electron chi connectivity index (χ0n) is 16.4. The Hall–Kier alpha value is -2.38. The molecule has 0 aliphatic carbocycles. The molecule has 0 spiro atoms. The van der Waals surface area contributed by atoms with Gasteiger partial charge in [0, 0.05) is 45.1 Å². The minimum Gasteiger partial charge on any atom is -0.444 e. The summed E-state index contributed by atoms with van der Waals surface area (Å²) in [6.07, 6.45) is 5.61. The fourth-order valence-electron chi connectivity index (χ4n) is 3.52. The van der Waals surface area contributed by atoms with Gasteiger partial charge in [0.15, 0.2) is 0 Å². The Labute approximate surface area is 160 Å². The van der Waals surface area contributed by atoms with E-state index in [0.717, 1.165) is 12.8 Å². The first-order valence-electron chi connectivity index (χ1n) is 9.65. The van der Waals surface area contributed by atoms with Crippen molar-refractivity contribution in [2.75, 3.05) is 37.6 Å². The Morgan fingerprint density at radius 2 is 1.70 bits per heavy atom. The Bertz CT molecular complexity index is 653. The van der Waals surface area contributed by atoms with Crippen LogP contribution in [0.1, 0.15) is 40.0 Å². The van der Waals surface area contributed by atoms with E-state index in [1.165, 1.54) is 0 Å². The fraction of sp³-hybridized carbons (Fsp3) is 0.684. The van der Waals surface area contributed by atoms with Crippen molar-refractivity contribution in [3.8, 4) is 0 Å². The molecular weight excluding hydrogens is 346 g/mol. The molecule has 2 aliphatic heterocycles. The summed E-state index contributed by atoms with van der Waals surface area (Å²) in [6.45, 7) is 8.70. The molecule has 1 aromatic rings. The highest BCUT2D eigenvalue weighted by Gasteiger charge is 2.37. The van der Waals surface area contributed by atoms with Crippen molar-refractivity contribution in [1.82, 2.24) is 19.8 Å². The monoisotopic (exact) mass is 375 g/mol. The Morgan fingerprint density at radius 3 is 2.33 bits per heavy atom. The van der Waals surface area contributed by atoms with Gasteiger partial charge in [-0.05, 0) is 46.1 Å². The summed E-state index contributed by atoms with van der Waals surface area (Å²) >= 11 is 0. The lowest BCUT2D eigenvalue weighted by Gasteiger charge is -2.41. The van der Waals surface area contributed by atoms with Crippen molar-refractivity contribution in [3.05, 3.63) is 18.5 Å². The van der Waals surface area contributed by atoms with Crippen molar-refractivity contribution >= 4 is 17.9 Å². The number of hydrogen-bond acceptors (Lipinski definition) is 6. The maximum absolute atomic E-state index is 13.1. The molecule has 2 saturated heterocycles. The van der Waals surface area contributed by atoms with Gasteiger partial charge >= 0.3 is 6.09 Å². The molecule has 0 N–H and O–H groups in total. The van der Waals surface area contributed by atoms with Crippen LogP contribution in [0.5, 0.6) is 0 Å². The second-order valence-corrected chi connectivity index (χ2v) is 8.05. The van der Waals surface area contributed by atoms with Gasteiger partial charge in [-0.15, -0.1) is 0 Å². The maximum Gasteiger partial charge on any atom is 0.410 e. The summed E-state index contributed by atoms with van der Waals surface area (Å²) in [6, 6.07) is 1.37. The smallest absolute Gasteiger partial charge is 0.410 e. The third-order valence-electron chi connectivity index (χ3n) is 4.84. The number of piperazine rings is 1. The van der Waals surface area contributed by atoms with Crippen LogP contribution in [0, 0.1) is 0 Å². The molecule has 2 aliphatic rings. The highest BCUT2D eigenvalue weighted by molar-refractivity contribution is 5.86. The third-order valence-corrected chi connectivity index (χ3v) is 4.84. The fourth-order valence-corrected chi connectivity index (χ4v) is 3.52. The largest absolute Gasteiger partial charge is 0.444 e. The number of rotatable bonds is 2. The molecule has 0 bridgehead atoms. The second-order valence-electron chi connectivity index (χ2n) is 8.05. The lowest BCUT2D eigenvalue weighted by Crippen LogP contribution is -2.57. The molecular formula is C19H29N5O3. The number of aromatic nitrogens is 2. The number of ether oxygens (including phenoxy) is 1. The number of carbonyl (C=O) groups excluding carboxylic acids is 2. The first-order chi connectivity index (χ1) is 12.8. The zero-order valence-corrected chi connectivity index (χ0v) is 16.4. The summed E-state index contributed by atoms with van der Waals surface area (Å²) < 4.78 is 5.51. The lowest BCUT2D eigenvalue weighted by molar-refractivity contribution is -0.138. The molecule has 8 nitrogen and oxygen atoms in total. The molecule has 0 aromatic carbocycles. The summed E-state index contributed by atoms with van der Waals surface area (Å²) in [7, 11) is 0. The van der Waals surface area contributed by atoms with Crippen LogP contribution >= 0.6 is 0 Å². The van der Waals surface area contributed by atoms with Gasteiger partial charge < -0.3 is 14.5 Å². The van der Waals surface area contributed by atoms with Crippen molar-refractivity contribution in [2.45, 2.75) is 51.7 Å². The van der Waals surface area contributed by atoms with Gasteiger partial charge in [0.25, 0.3) is 0 Å². The lowest BCUT2D eigenvalue weighted by atomic mass is 10.0. The number of hydrogen-bond donors (Lipinski definition) is 0. The van der Waals surface area contributed by atoms with E-state index in [0.29, 0.717) is 45.1 Å². The van der Waals surface area contributed by atoms with E-state index in [9.17, 15) is 9.59 Å². The first kappa shape index (κ1) is 19.4. The third kappa shape index (κ3) is 4.87. The van der Waals surface area contributed by atoms with Gasteiger partial charge in [0.05, 0.1) is 0 Å². The van der Waals surface area contributed by atoms with Gasteiger partial charge in [-0.3, -0.25) is 9.69 Å². The molecule has 1 aromatic heterocycles. The van der Waals surface area contributed by atoms with Gasteiger partial charge in [0.1, 0.15) is 11.6 Å². The highest BCUT2D eigenvalue weighted by Crippen LogP contribution is 2.23. The van der Waals surface area contributed by atoms with Crippen molar-refractivity contribution in [1.29, 1.82) is 0 Å². The molecule has 1 atom stereocenters. The van der Waals surface area contributed by atoms with E-state index in [4.69, 9.17) is 4.74 Å². The van der Waals surface area contributed by atoms with E-state index in [1.54, 1.807) is 23.4 Å². The van der Waals surface area contributed by atoms with Crippen LogP contribution in [0.4, 0.5) is 10.7 Å². The Balaban J connectivity index is 1.61. The minimum atomic E-state index is -0.566. The summed E-state index contributed by atoms with van der Waals surface area (Å²) in [4.78, 5) is 39.8. The number of anilines is 1. The number of carbonyl (C=O) groups is 2. The van der Waals surface area contributed by atoms with Gasteiger partial charge in [-0.25, -0.2) is 14.8 Å². The van der Waals surface area contributed by atoms with E-state index < -0.39 is 17.7 Å². The van der Waals surface area contributed by atoms with Crippen LogP contribution in [0.25, 0.3) is 0 Å². The van der Waals surface area contributed by atoms with E-state index in [1.807, 2.05) is 25.7 Å². The van der Waals surface area contributed by atoms with Crippen molar-refractivity contribution in [2.24, 2.45) is 0 Å². The van der Waals surface area contributed by atoms with E-state index >= 15 is 0 Å². The molecule has 27 heavy (non-hydrogen) atoms. The zero-order chi connectivity index (χ0) is 19.4. The molecule has 0 unspecified atom stereocenters. The number of piperidine rings is 1. The minimum absolute atomic E-state index is 0.0224. The Morgan fingerprint density at radius 1 is 1.04 bits per heavy atom. The van der Waals surface area contributed by atoms with Crippen LogP contribution in [-0.2, 0) is 9.53 Å². The molecule has 2 amide bonds. The predicted octanol–water partition coefficient (Wildman–Crippen LogP) is 1.91. The maximum atomic E-state index is 13.1. The van der Waals surface area contributed by atoms with E-state index in [-0.39, 0.29) is 5.91 Å². The molecule has 8 heteroatoms. The van der Waals surface area contributed by atoms with Gasteiger partial charge in [-0.1, -0.05) is 0 Å². The number of likely N-dealkylation sites (tertiary alicyclic amines) is 1. The van der Waals surface area contributed by atoms with Crippen LogP contribution in [0.15, 0.2) is 18.5 Å². The average molecular weight is 375 g/mol. The van der Waals surface area contributed by atoms with Gasteiger partial charge in [-0.2, -0.15) is 0 Å². The van der Waals surface area contributed by atoms with Crippen LogP contribution < -0.4 is 4.90 Å². The normalized spacial score (nSPS) is 21.1. The summed E-state index contributed by atoms with van der Waals surface area (Å²) in [5, 5.41) is 0. The van der Waals surface area contributed by atoms with Gasteiger partial charge in [0.2, 0.25) is 11.9 Å². The molecule has 3 heterocycles. The topological polar surface area (TPSA) is 78.9 Å². The average Bonchev–Trinajstić information content (AvgIpc) is 2.67. The quantitative estimate of drug-likeness (QED) is 0.786. The predicted molar refractivity (Wildman–Crippen MR) is 101 cm³/mol. The van der Waals surface area contributed by atoms with Crippen LogP contribution in [0.2, 0.25) is 0 Å². The molecule has 0 saturated carbocycles. The van der Waals surface area contributed by atoms with Crippen LogP contribution in [-0.4, -0.2) is 76.1 Å². The van der Waals surface area contributed by atoms with E-state index in [2.05, 4.69) is 14.9 Å². The standard InChI is InChI=1S/C19H29N5O3/c1-19(2,3)27-18(26)24-10-5-4-7-15(24)16(25)22-11-13-23(14-12-22)17-20-8-6-9-21-17/h6,8-9,15H,4-5,7,10-14H2,1-3H3/t15-/m1/s1. The van der Waals surface area contributed by atoms with Crippen molar-refractivity contribution < 1.29 is 14.3 Å².